The molecule has 1 atom stereocenters. The van der Waals surface area contributed by atoms with E-state index in [0.29, 0.717) is 23.5 Å². The molecule has 1 aromatic carbocycles. The fourth-order valence-electron chi connectivity index (χ4n) is 4.91. The summed E-state index contributed by atoms with van der Waals surface area (Å²) in [6.45, 7) is 4.02. The number of hydrogen-bond donors (Lipinski definition) is 2. The van der Waals surface area contributed by atoms with Crippen molar-refractivity contribution in [3.05, 3.63) is 71.9 Å². The fourth-order valence-corrected chi connectivity index (χ4v) is 4.91. The zero-order valence-corrected chi connectivity index (χ0v) is 19.2. The van der Waals surface area contributed by atoms with Crippen LogP contribution >= 0.6 is 0 Å². The van der Waals surface area contributed by atoms with Crippen LogP contribution in [0.25, 0.3) is 27.8 Å². The van der Waals surface area contributed by atoms with Crippen LogP contribution in [0.1, 0.15) is 43.4 Å². The number of anilines is 1. The molecule has 0 radical (unpaired) electrons. The quantitative estimate of drug-likeness (QED) is 0.560. The first-order valence-electron chi connectivity index (χ1n) is 11.7. The number of nitrogens with two attached hydrogens (primary N) is 1. The standard InChI is InChI=1S/C27H28FN5O/c1-17(34)33-11-7-18(8-12-33)22-5-4-19(13-24(22)25-3-2-9-30-25)21-14-23(27(29)32-16-21)20-6-10-31-26(28)15-20/h4-7,10,13-16,25,30H,2-3,8-9,11-12H2,1H3,(H2,29,32)/t25-/m0/s1. The summed E-state index contributed by atoms with van der Waals surface area (Å²) >= 11 is 0. The lowest BCUT2D eigenvalue weighted by molar-refractivity contribution is -0.128. The van der Waals surface area contributed by atoms with Crippen LogP contribution in [0.15, 0.2) is 54.9 Å². The summed E-state index contributed by atoms with van der Waals surface area (Å²) in [6.07, 6.45) is 8.46. The number of nitrogen functional groups attached to an aromatic ring is 1. The van der Waals surface area contributed by atoms with Crippen molar-refractivity contribution in [1.82, 2.24) is 20.2 Å². The van der Waals surface area contributed by atoms with Gasteiger partial charge >= 0.3 is 0 Å². The lowest BCUT2D eigenvalue weighted by atomic mass is 9.88. The van der Waals surface area contributed by atoms with Gasteiger partial charge in [-0.15, -0.1) is 0 Å². The molecule has 3 N–H and O–H groups in total. The van der Waals surface area contributed by atoms with Crippen molar-refractivity contribution in [2.24, 2.45) is 0 Å². The minimum Gasteiger partial charge on any atom is -0.383 e. The molecule has 3 aromatic rings. The van der Waals surface area contributed by atoms with Crippen LogP contribution in [0, 0.1) is 5.95 Å². The molecule has 2 aliphatic rings. The SMILES string of the molecule is CC(=O)N1CC=C(c2ccc(-c3cnc(N)c(-c4ccnc(F)c4)c3)cc2[C@@H]2CCCN2)CC1. The molecule has 0 bridgehead atoms. The normalized spacial score (nSPS) is 18.1. The Hall–Kier alpha value is -3.58. The third kappa shape index (κ3) is 4.43. The van der Waals surface area contributed by atoms with Gasteiger partial charge in [-0.3, -0.25) is 4.79 Å². The number of halogens is 1. The molecular weight excluding hydrogens is 429 g/mol. The van der Waals surface area contributed by atoms with Gasteiger partial charge in [-0.1, -0.05) is 18.2 Å². The van der Waals surface area contributed by atoms with Crippen molar-refractivity contribution in [1.29, 1.82) is 0 Å². The smallest absolute Gasteiger partial charge is 0.219 e. The second-order valence-electron chi connectivity index (χ2n) is 8.92. The van der Waals surface area contributed by atoms with E-state index in [-0.39, 0.29) is 11.9 Å². The van der Waals surface area contributed by atoms with Gasteiger partial charge in [0.25, 0.3) is 0 Å². The molecule has 7 heteroatoms. The van der Waals surface area contributed by atoms with Crippen molar-refractivity contribution in [3.8, 4) is 22.3 Å². The number of aromatic nitrogens is 2. The second kappa shape index (κ2) is 9.35. The van der Waals surface area contributed by atoms with Crippen LogP contribution in [-0.2, 0) is 4.79 Å². The summed E-state index contributed by atoms with van der Waals surface area (Å²) in [5.74, 6) is -0.0829. The molecule has 6 nitrogen and oxygen atoms in total. The Morgan fingerprint density at radius 2 is 2.00 bits per heavy atom. The number of carbonyl (C=O) groups is 1. The number of rotatable bonds is 4. The van der Waals surface area contributed by atoms with Crippen LogP contribution in [0.5, 0.6) is 0 Å². The number of hydrogen-bond acceptors (Lipinski definition) is 5. The first kappa shape index (κ1) is 22.2. The average Bonchev–Trinajstić information content (AvgIpc) is 3.39. The van der Waals surface area contributed by atoms with E-state index in [1.54, 1.807) is 19.2 Å². The summed E-state index contributed by atoms with van der Waals surface area (Å²) in [6, 6.07) is 11.9. The molecule has 0 saturated carbocycles. The van der Waals surface area contributed by atoms with Crippen molar-refractivity contribution >= 4 is 17.3 Å². The van der Waals surface area contributed by atoms with Crippen molar-refractivity contribution < 1.29 is 9.18 Å². The highest BCUT2D eigenvalue weighted by atomic mass is 19.1. The van der Waals surface area contributed by atoms with Crippen LogP contribution in [-0.4, -0.2) is 40.4 Å². The fraction of sp³-hybridized carbons (Fsp3) is 0.296. The molecule has 1 amide bonds. The predicted octanol–water partition coefficient (Wildman–Crippen LogP) is 4.59. The number of pyridine rings is 2. The molecule has 4 heterocycles. The van der Waals surface area contributed by atoms with Gasteiger partial charge in [-0.25, -0.2) is 9.97 Å². The van der Waals surface area contributed by atoms with E-state index >= 15 is 0 Å². The number of amides is 1. The monoisotopic (exact) mass is 457 g/mol. The topological polar surface area (TPSA) is 84.1 Å². The number of benzene rings is 1. The molecule has 34 heavy (non-hydrogen) atoms. The van der Waals surface area contributed by atoms with E-state index in [0.717, 1.165) is 43.5 Å². The Balaban J connectivity index is 1.54. The minimum atomic E-state index is -0.551. The summed E-state index contributed by atoms with van der Waals surface area (Å²) in [5, 5.41) is 3.63. The maximum absolute atomic E-state index is 13.7. The zero-order chi connectivity index (χ0) is 23.7. The maximum atomic E-state index is 13.7. The lowest BCUT2D eigenvalue weighted by Gasteiger charge is -2.27. The van der Waals surface area contributed by atoms with E-state index in [1.807, 2.05) is 11.0 Å². The lowest BCUT2D eigenvalue weighted by Crippen LogP contribution is -2.32. The van der Waals surface area contributed by atoms with Gasteiger partial charge in [-0.2, -0.15) is 4.39 Å². The van der Waals surface area contributed by atoms with Crippen molar-refractivity contribution in [2.75, 3.05) is 25.4 Å². The summed E-state index contributed by atoms with van der Waals surface area (Å²) < 4.78 is 13.7. The summed E-state index contributed by atoms with van der Waals surface area (Å²) in [7, 11) is 0. The molecule has 0 spiro atoms. The molecule has 5 rings (SSSR count). The van der Waals surface area contributed by atoms with Crippen LogP contribution in [0.4, 0.5) is 10.2 Å². The Morgan fingerprint density at radius 3 is 2.71 bits per heavy atom. The molecule has 174 valence electrons. The highest BCUT2D eigenvalue weighted by molar-refractivity contribution is 5.81. The van der Waals surface area contributed by atoms with Gasteiger partial charge in [0, 0.05) is 55.6 Å². The van der Waals surface area contributed by atoms with Crippen LogP contribution in [0.3, 0.4) is 0 Å². The molecule has 2 aliphatic heterocycles. The number of nitrogens with zero attached hydrogens (tertiary/aromatic N) is 3. The molecule has 2 aromatic heterocycles. The molecular formula is C27H28FN5O. The zero-order valence-electron chi connectivity index (χ0n) is 19.2. The van der Waals surface area contributed by atoms with Crippen LogP contribution in [0.2, 0.25) is 0 Å². The van der Waals surface area contributed by atoms with Gasteiger partial charge < -0.3 is 16.0 Å². The highest BCUT2D eigenvalue weighted by Gasteiger charge is 2.23. The van der Waals surface area contributed by atoms with Gasteiger partial charge in [0.15, 0.2) is 0 Å². The molecule has 0 aliphatic carbocycles. The summed E-state index contributed by atoms with van der Waals surface area (Å²) in [4.78, 5) is 21.6. The van der Waals surface area contributed by atoms with Crippen molar-refractivity contribution in [3.63, 3.8) is 0 Å². The third-order valence-electron chi connectivity index (χ3n) is 6.78. The molecule has 0 unspecified atom stereocenters. The Morgan fingerprint density at radius 1 is 1.12 bits per heavy atom. The van der Waals surface area contributed by atoms with Gasteiger partial charge in [0.2, 0.25) is 11.9 Å². The maximum Gasteiger partial charge on any atom is 0.219 e. The van der Waals surface area contributed by atoms with E-state index in [1.165, 1.54) is 29.0 Å². The number of nitrogens with one attached hydrogen (secondary N) is 1. The Bertz CT molecular complexity index is 1270. The number of carbonyl (C=O) groups excluding carboxylic acids is 1. The minimum absolute atomic E-state index is 0.115. The van der Waals surface area contributed by atoms with Gasteiger partial charge in [0.05, 0.1) is 0 Å². The first-order chi connectivity index (χ1) is 16.5. The second-order valence-corrected chi connectivity index (χ2v) is 8.92. The molecule has 1 saturated heterocycles. The van der Waals surface area contributed by atoms with E-state index in [2.05, 4.69) is 39.6 Å². The van der Waals surface area contributed by atoms with Gasteiger partial charge in [-0.05, 0) is 71.8 Å². The van der Waals surface area contributed by atoms with E-state index < -0.39 is 5.95 Å². The molecule has 1 fully saturated rings. The Kier molecular flexibility index (Phi) is 6.11. The highest BCUT2D eigenvalue weighted by Crippen LogP contribution is 2.37. The van der Waals surface area contributed by atoms with E-state index in [4.69, 9.17) is 5.73 Å². The Labute approximate surface area is 198 Å². The largest absolute Gasteiger partial charge is 0.383 e. The van der Waals surface area contributed by atoms with E-state index in [9.17, 15) is 9.18 Å². The average molecular weight is 458 g/mol. The first-order valence-corrected chi connectivity index (χ1v) is 11.7. The van der Waals surface area contributed by atoms with Gasteiger partial charge in [0.1, 0.15) is 5.82 Å². The predicted molar refractivity (Wildman–Crippen MR) is 132 cm³/mol. The van der Waals surface area contributed by atoms with Crippen molar-refractivity contribution in [2.45, 2.75) is 32.2 Å². The van der Waals surface area contributed by atoms with Crippen LogP contribution < -0.4 is 11.1 Å². The summed E-state index contributed by atoms with van der Waals surface area (Å²) in [5.41, 5.74) is 13.2. The third-order valence-corrected chi connectivity index (χ3v) is 6.78.